The number of para-hydroxylation sites is 1. The van der Waals surface area contributed by atoms with Crippen LogP contribution in [0.3, 0.4) is 0 Å². The summed E-state index contributed by atoms with van der Waals surface area (Å²) >= 11 is 0. The van der Waals surface area contributed by atoms with Crippen molar-refractivity contribution in [3.05, 3.63) is 66.2 Å². The number of β-lactam (4-membered cyclic amide) rings is 1. The van der Waals surface area contributed by atoms with Crippen molar-refractivity contribution < 1.29 is 9.90 Å². The largest absolute Gasteiger partial charge is 0.378 e. The Labute approximate surface area is 112 Å². The van der Waals surface area contributed by atoms with Gasteiger partial charge in [-0.05, 0) is 24.6 Å². The minimum atomic E-state index is -1.34. The molecule has 2 aromatic carbocycles. The van der Waals surface area contributed by atoms with Gasteiger partial charge in [-0.3, -0.25) is 9.69 Å². The van der Waals surface area contributed by atoms with Crippen LogP contribution in [-0.4, -0.2) is 16.6 Å². The van der Waals surface area contributed by atoms with Crippen molar-refractivity contribution in [2.24, 2.45) is 0 Å². The van der Waals surface area contributed by atoms with E-state index in [1.807, 2.05) is 60.7 Å². The Morgan fingerprint density at radius 3 is 2.11 bits per heavy atom. The highest BCUT2D eigenvalue weighted by molar-refractivity contribution is 6.07. The summed E-state index contributed by atoms with van der Waals surface area (Å²) in [7, 11) is 0. The second-order valence-electron chi connectivity index (χ2n) is 4.97. The number of benzene rings is 2. The van der Waals surface area contributed by atoms with Crippen molar-refractivity contribution in [1.82, 2.24) is 0 Å². The van der Waals surface area contributed by atoms with Crippen molar-refractivity contribution in [3.63, 3.8) is 0 Å². The van der Waals surface area contributed by atoms with Gasteiger partial charge in [0.2, 0.25) is 0 Å². The lowest BCUT2D eigenvalue weighted by atomic mass is 9.79. The third-order valence-electron chi connectivity index (χ3n) is 3.59. The lowest BCUT2D eigenvalue weighted by Gasteiger charge is -2.51. The molecule has 1 aliphatic rings. The standard InChI is InChI=1S/C16H15NO2/c1-16(19)14(12-8-4-2-5-9-12)17(15(16)18)13-10-6-3-7-11-13/h2-11,14,19H,1H3/t14-,16+/m1/s1. The number of aliphatic hydroxyl groups is 1. The van der Waals surface area contributed by atoms with Crippen LogP contribution in [0.15, 0.2) is 60.7 Å². The Kier molecular flexibility index (Phi) is 2.64. The topological polar surface area (TPSA) is 40.5 Å². The molecule has 0 bridgehead atoms. The smallest absolute Gasteiger partial charge is 0.261 e. The molecule has 1 saturated heterocycles. The molecule has 3 nitrogen and oxygen atoms in total. The maximum Gasteiger partial charge on any atom is 0.261 e. The number of anilines is 1. The van der Waals surface area contributed by atoms with E-state index in [9.17, 15) is 9.90 Å². The second kappa shape index (κ2) is 4.21. The summed E-state index contributed by atoms with van der Waals surface area (Å²) in [6.45, 7) is 1.58. The first-order chi connectivity index (χ1) is 9.12. The third-order valence-corrected chi connectivity index (χ3v) is 3.59. The molecule has 1 amide bonds. The van der Waals surface area contributed by atoms with E-state index in [-0.39, 0.29) is 11.9 Å². The minimum absolute atomic E-state index is 0.257. The van der Waals surface area contributed by atoms with Gasteiger partial charge < -0.3 is 5.11 Å². The Morgan fingerprint density at radius 1 is 1.00 bits per heavy atom. The Balaban J connectivity index is 2.03. The van der Waals surface area contributed by atoms with E-state index in [0.29, 0.717) is 0 Å². The van der Waals surface area contributed by atoms with E-state index in [1.54, 1.807) is 11.8 Å². The van der Waals surface area contributed by atoms with Gasteiger partial charge in [0.05, 0.1) is 6.04 Å². The van der Waals surface area contributed by atoms with Gasteiger partial charge in [0, 0.05) is 5.69 Å². The maximum atomic E-state index is 12.1. The van der Waals surface area contributed by atoms with Crippen LogP contribution in [0.25, 0.3) is 0 Å². The first-order valence-corrected chi connectivity index (χ1v) is 6.28. The van der Waals surface area contributed by atoms with Gasteiger partial charge in [-0.1, -0.05) is 48.5 Å². The lowest BCUT2D eigenvalue weighted by molar-refractivity contribution is -0.151. The van der Waals surface area contributed by atoms with E-state index in [0.717, 1.165) is 11.3 Å². The van der Waals surface area contributed by atoms with Crippen LogP contribution in [-0.2, 0) is 4.79 Å². The number of hydrogen-bond donors (Lipinski definition) is 1. The number of amides is 1. The summed E-state index contributed by atoms with van der Waals surface area (Å²) in [5, 5.41) is 10.3. The quantitative estimate of drug-likeness (QED) is 0.835. The molecule has 1 N–H and O–H groups in total. The number of carbonyl (C=O) groups is 1. The van der Waals surface area contributed by atoms with Gasteiger partial charge in [0.15, 0.2) is 5.60 Å². The summed E-state index contributed by atoms with van der Waals surface area (Å²) < 4.78 is 0. The molecule has 0 saturated carbocycles. The normalized spacial score (nSPS) is 26.1. The minimum Gasteiger partial charge on any atom is -0.378 e. The van der Waals surface area contributed by atoms with Crippen LogP contribution >= 0.6 is 0 Å². The number of nitrogens with zero attached hydrogens (tertiary/aromatic N) is 1. The highest BCUT2D eigenvalue weighted by atomic mass is 16.3. The van der Waals surface area contributed by atoms with Crippen LogP contribution in [0.5, 0.6) is 0 Å². The number of rotatable bonds is 2. The van der Waals surface area contributed by atoms with Crippen molar-refractivity contribution in [1.29, 1.82) is 0 Å². The fourth-order valence-electron chi connectivity index (χ4n) is 2.63. The molecule has 0 spiro atoms. The predicted molar refractivity (Wildman–Crippen MR) is 73.7 cm³/mol. The molecule has 2 atom stereocenters. The van der Waals surface area contributed by atoms with Gasteiger partial charge in [0.25, 0.3) is 5.91 Å². The molecule has 0 unspecified atom stereocenters. The van der Waals surface area contributed by atoms with E-state index in [1.165, 1.54) is 0 Å². The van der Waals surface area contributed by atoms with Crippen molar-refractivity contribution >= 4 is 11.6 Å². The molecule has 2 aromatic rings. The second-order valence-corrected chi connectivity index (χ2v) is 4.97. The molecule has 0 aromatic heterocycles. The monoisotopic (exact) mass is 253 g/mol. The van der Waals surface area contributed by atoms with E-state index in [4.69, 9.17) is 0 Å². The van der Waals surface area contributed by atoms with Crippen LogP contribution in [0.1, 0.15) is 18.5 Å². The van der Waals surface area contributed by atoms with Crippen molar-refractivity contribution in [3.8, 4) is 0 Å². The molecule has 19 heavy (non-hydrogen) atoms. The SMILES string of the molecule is C[C@@]1(O)C(=O)N(c2ccccc2)[C@@H]1c1ccccc1. The Bertz CT molecular complexity index is 593. The van der Waals surface area contributed by atoms with E-state index in [2.05, 4.69) is 0 Å². The fraction of sp³-hybridized carbons (Fsp3) is 0.188. The van der Waals surface area contributed by atoms with Gasteiger partial charge in [-0.25, -0.2) is 0 Å². The molecule has 0 radical (unpaired) electrons. The summed E-state index contributed by atoms with van der Waals surface area (Å²) in [6, 6.07) is 18.7. The highest BCUT2D eigenvalue weighted by Crippen LogP contribution is 2.45. The molecule has 96 valence electrons. The van der Waals surface area contributed by atoms with E-state index >= 15 is 0 Å². The molecule has 3 rings (SSSR count). The van der Waals surface area contributed by atoms with Gasteiger partial charge >= 0.3 is 0 Å². The lowest BCUT2D eigenvalue weighted by Crippen LogP contribution is -2.67. The molecule has 3 heteroatoms. The molecule has 1 aliphatic heterocycles. The Hall–Kier alpha value is -2.13. The van der Waals surface area contributed by atoms with Gasteiger partial charge in [0.1, 0.15) is 0 Å². The van der Waals surface area contributed by atoms with Crippen LogP contribution < -0.4 is 4.90 Å². The molecular weight excluding hydrogens is 238 g/mol. The van der Waals surface area contributed by atoms with Crippen LogP contribution in [0.2, 0.25) is 0 Å². The first kappa shape index (κ1) is 11.9. The summed E-state index contributed by atoms with van der Waals surface area (Å²) in [4.78, 5) is 13.8. The predicted octanol–water partition coefficient (Wildman–Crippen LogP) is 2.53. The Morgan fingerprint density at radius 2 is 1.53 bits per heavy atom. The van der Waals surface area contributed by atoms with E-state index < -0.39 is 5.60 Å². The molecule has 0 aliphatic carbocycles. The third kappa shape index (κ3) is 1.74. The fourth-order valence-corrected chi connectivity index (χ4v) is 2.63. The zero-order chi connectivity index (χ0) is 13.5. The summed E-state index contributed by atoms with van der Waals surface area (Å²) in [6.07, 6.45) is 0. The van der Waals surface area contributed by atoms with Crippen LogP contribution in [0, 0.1) is 0 Å². The average molecular weight is 253 g/mol. The number of hydrogen-bond acceptors (Lipinski definition) is 2. The maximum absolute atomic E-state index is 12.1. The van der Waals surface area contributed by atoms with Crippen molar-refractivity contribution in [2.45, 2.75) is 18.6 Å². The summed E-state index contributed by atoms with van der Waals surface area (Å²) in [5.74, 6) is -0.257. The van der Waals surface area contributed by atoms with Gasteiger partial charge in [-0.2, -0.15) is 0 Å². The highest BCUT2D eigenvalue weighted by Gasteiger charge is 2.57. The molecular formula is C16H15NO2. The molecule has 1 heterocycles. The first-order valence-electron chi connectivity index (χ1n) is 6.28. The van der Waals surface area contributed by atoms with Crippen molar-refractivity contribution in [2.75, 3.05) is 4.90 Å². The summed E-state index contributed by atoms with van der Waals surface area (Å²) in [5.41, 5.74) is 0.417. The number of carbonyl (C=O) groups excluding carboxylic acids is 1. The zero-order valence-electron chi connectivity index (χ0n) is 10.7. The zero-order valence-corrected chi connectivity index (χ0v) is 10.7. The molecule has 1 fully saturated rings. The van der Waals surface area contributed by atoms with Crippen LogP contribution in [0.4, 0.5) is 5.69 Å². The average Bonchev–Trinajstić information content (AvgIpc) is 2.45. The van der Waals surface area contributed by atoms with Gasteiger partial charge in [-0.15, -0.1) is 0 Å².